The number of carboxylic acids is 1. The van der Waals surface area contributed by atoms with Gasteiger partial charge < -0.3 is 40.5 Å². The number of hydrogen-bond acceptors (Lipinski definition) is 13. The summed E-state index contributed by atoms with van der Waals surface area (Å²) in [4.78, 5) is 43.6. The minimum atomic E-state index is -1.47. The van der Waals surface area contributed by atoms with Crippen molar-refractivity contribution in [1.29, 1.82) is 0 Å². The van der Waals surface area contributed by atoms with Gasteiger partial charge in [-0.3, -0.25) is 9.59 Å². The SMILES string of the molecule is CSC1S[C@@H]2C(NC(=O)C(=NO)c3csc(N)n3)C(=O)N2CC1(C(=O)[O-])C1CCOC(C)(C)O1.[Na+]. The zero-order chi connectivity index (χ0) is 24.8. The van der Waals surface area contributed by atoms with Crippen LogP contribution in [0.25, 0.3) is 0 Å². The van der Waals surface area contributed by atoms with Crippen LogP contribution < -0.4 is 45.7 Å². The topological polar surface area (TPSA) is 179 Å². The average Bonchev–Trinajstić information content (AvgIpc) is 3.21. The van der Waals surface area contributed by atoms with Crippen LogP contribution in [-0.2, 0) is 23.9 Å². The van der Waals surface area contributed by atoms with Gasteiger partial charge in [0.25, 0.3) is 5.91 Å². The third-order valence-electron chi connectivity index (χ3n) is 6.05. The second-order valence-electron chi connectivity index (χ2n) is 8.50. The van der Waals surface area contributed by atoms with Crippen LogP contribution in [0.5, 0.6) is 0 Å². The average molecular weight is 554 g/mol. The minimum absolute atomic E-state index is 0. The number of β-lactam (4-membered cyclic amide) rings is 1. The number of carbonyl (C=O) groups is 3. The molecular weight excluding hydrogens is 529 g/mol. The fraction of sp³-hybridized carbons (Fsp3) is 0.632. The first-order valence-corrected chi connectivity index (χ1v) is 13.4. The zero-order valence-electron chi connectivity index (χ0n) is 19.5. The summed E-state index contributed by atoms with van der Waals surface area (Å²) in [6.07, 6.45) is 1.40. The Morgan fingerprint density at radius 2 is 2.17 bits per heavy atom. The van der Waals surface area contributed by atoms with Gasteiger partial charge in [0, 0.05) is 11.9 Å². The maximum atomic E-state index is 13.0. The minimum Gasteiger partial charge on any atom is -0.549 e. The molecule has 3 aliphatic heterocycles. The number of rotatable bonds is 6. The summed E-state index contributed by atoms with van der Waals surface area (Å²) in [6, 6.07) is -0.924. The van der Waals surface area contributed by atoms with E-state index in [9.17, 15) is 24.7 Å². The second kappa shape index (κ2) is 10.7. The number of fused-ring (bicyclic) bond motifs is 1. The third-order valence-corrected chi connectivity index (χ3v) is 9.95. The van der Waals surface area contributed by atoms with Crippen LogP contribution in [0, 0.1) is 5.41 Å². The summed E-state index contributed by atoms with van der Waals surface area (Å²) < 4.78 is 11.1. The number of nitrogens with two attached hydrogens (primary N) is 1. The van der Waals surface area contributed by atoms with Crippen LogP contribution in [0.3, 0.4) is 0 Å². The third kappa shape index (κ3) is 5.06. The molecule has 3 saturated heterocycles. The van der Waals surface area contributed by atoms with Gasteiger partial charge in [0.05, 0.1) is 28.7 Å². The number of aliphatic carboxylic acids is 1. The number of thioether (sulfide) groups is 2. The number of ether oxygens (including phenoxy) is 2. The molecule has 2 amide bonds. The summed E-state index contributed by atoms with van der Waals surface area (Å²) in [5.74, 6) is -3.50. The maximum Gasteiger partial charge on any atom is 1.00 e. The van der Waals surface area contributed by atoms with E-state index >= 15 is 0 Å². The van der Waals surface area contributed by atoms with Crippen LogP contribution in [0.15, 0.2) is 10.5 Å². The Kier molecular flexibility index (Phi) is 8.74. The molecule has 35 heavy (non-hydrogen) atoms. The summed E-state index contributed by atoms with van der Waals surface area (Å²) in [5.41, 5.74) is 3.82. The first-order chi connectivity index (χ1) is 16.0. The quantitative estimate of drug-likeness (QED) is 0.104. The Balaban J connectivity index is 0.00000342. The number of nitrogens with one attached hydrogen (secondary N) is 1. The van der Waals surface area contributed by atoms with Crippen LogP contribution >= 0.6 is 34.9 Å². The molecule has 1 aromatic rings. The first kappa shape index (κ1) is 28.5. The van der Waals surface area contributed by atoms with E-state index in [2.05, 4.69) is 15.5 Å². The molecule has 186 valence electrons. The maximum absolute atomic E-state index is 13.0. The molecule has 5 atom stereocenters. The Bertz CT molecular complexity index is 1040. The van der Waals surface area contributed by atoms with Crippen molar-refractivity contribution in [3.05, 3.63) is 11.1 Å². The van der Waals surface area contributed by atoms with Crippen molar-refractivity contribution in [2.24, 2.45) is 10.6 Å². The number of carboxylic acid groups (broad SMARTS) is 1. The van der Waals surface area contributed by atoms with Crippen LogP contribution in [0.1, 0.15) is 26.0 Å². The Hall–Kier alpha value is -1.07. The number of carbonyl (C=O) groups excluding carboxylic acids is 3. The van der Waals surface area contributed by atoms with Crippen molar-refractivity contribution < 1.29 is 63.7 Å². The second-order valence-corrected chi connectivity index (χ2v) is 11.9. The first-order valence-electron chi connectivity index (χ1n) is 10.3. The molecule has 16 heteroatoms. The van der Waals surface area contributed by atoms with Gasteiger partial charge >= 0.3 is 29.6 Å². The largest absolute Gasteiger partial charge is 1.00 e. The summed E-state index contributed by atoms with van der Waals surface area (Å²) in [7, 11) is 0. The van der Waals surface area contributed by atoms with Gasteiger partial charge in [-0.15, -0.1) is 34.9 Å². The number of nitrogens with zero attached hydrogens (tertiary/aromatic N) is 3. The van der Waals surface area contributed by atoms with Crippen molar-refractivity contribution >= 4 is 63.5 Å². The van der Waals surface area contributed by atoms with E-state index < -0.39 is 51.1 Å². The van der Waals surface area contributed by atoms with Gasteiger partial charge in [-0.2, -0.15) is 0 Å². The van der Waals surface area contributed by atoms with E-state index in [0.717, 1.165) is 11.3 Å². The number of anilines is 1. The van der Waals surface area contributed by atoms with E-state index in [1.165, 1.54) is 33.8 Å². The van der Waals surface area contributed by atoms with Crippen LogP contribution in [0.4, 0.5) is 5.13 Å². The predicted molar refractivity (Wildman–Crippen MR) is 124 cm³/mol. The van der Waals surface area contributed by atoms with Crippen molar-refractivity contribution in [3.63, 3.8) is 0 Å². The molecule has 12 nitrogen and oxygen atoms in total. The van der Waals surface area contributed by atoms with Crippen molar-refractivity contribution in [1.82, 2.24) is 15.2 Å². The van der Waals surface area contributed by atoms with Gasteiger partial charge in [-0.25, -0.2) is 4.98 Å². The zero-order valence-corrected chi connectivity index (χ0v) is 24.0. The van der Waals surface area contributed by atoms with E-state index in [4.69, 9.17) is 15.2 Å². The van der Waals surface area contributed by atoms with Crippen LogP contribution in [-0.4, -0.2) is 85.9 Å². The van der Waals surface area contributed by atoms with E-state index in [0.29, 0.717) is 13.0 Å². The molecule has 3 aliphatic rings. The number of thiazole rings is 1. The fourth-order valence-corrected chi connectivity index (χ4v) is 7.98. The number of amides is 2. The molecular formula is C19H24N5NaO7S3. The summed E-state index contributed by atoms with van der Waals surface area (Å²) in [6.45, 7) is 3.63. The summed E-state index contributed by atoms with van der Waals surface area (Å²) in [5, 5.41) is 28.6. The molecule has 0 radical (unpaired) electrons. The van der Waals surface area contributed by atoms with Gasteiger partial charge in [0.15, 0.2) is 16.6 Å². The molecule has 0 aliphatic carbocycles. The molecule has 4 rings (SSSR count). The molecule has 4 unspecified atom stereocenters. The smallest absolute Gasteiger partial charge is 0.549 e. The van der Waals surface area contributed by atoms with Gasteiger partial charge in [0.1, 0.15) is 17.1 Å². The molecule has 0 bridgehead atoms. The van der Waals surface area contributed by atoms with E-state index in [-0.39, 0.29) is 52.6 Å². The van der Waals surface area contributed by atoms with Crippen molar-refractivity contribution in [3.8, 4) is 0 Å². The Morgan fingerprint density at radius 3 is 2.71 bits per heavy atom. The van der Waals surface area contributed by atoms with Gasteiger partial charge in [-0.1, -0.05) is 5.16 Å². The Morgan fingerprint density at radius 1 is 1.46 bits per heavy atom. The monoisotopic (exact) mass is 553 g/mol. The Labute approximate surface area is 236 Å². The molecule has 3 fully saturated rings. The molecule has 1 aromatic heterocycles. The number of aromatic nitrogens is 1. The van der Waals surface area contributed by atoms with Gasteiger partial charge in [0.2, 0.25) is 5.91 Å². The van der Waals surface area contributed by atoms with E-state index in [1.54, 1.807) is 20.1 Å². The predicted octanol–water partition coefficient (Wildman–Crippen LogP) is -3.73. The normalized spacial score (nSPS) is 32.1. The molecule has 4 N–H and O–H groups in total. The van der Waals surface area contributed by atoms with Crippen molar-refractivity contribution in [2.75, 3.05) is 25.1 Å². The summed E-state index contributed by atoms with van der Waals surface area (Å²) >= 11 is 3.66. The number of hydrogen-bond donors (Lipinski definition) is 3. The molecule has 0 spiro atoms. The fourth-order valence-electron chi connectivity index (χ4n) is 4.42. The molecule has 0 saturated carbocycles. The van der Waals surface area contributed by atoms with Gasteiger partial charge in [-0.05, 0) is 26.5 Å². The number of oxime groups is 1. The van der Waals surface area contributed by atoms with Crippen molar-refractivity contribution in [2.45, 2.75) is 48.2 Å². The van der Waals surface area contributed by atoms with E-state index in [1.807, 2.05) is 0 Å². The van der Waals surface area contributed by atoms with Crippen LogP contribution in [0.2, 0.25) is 0 Å². The standard InChI is InChI=1S/C19H25N5O7S3.Na/c1-18(2)30-5-4-9(31-18)19(15(27)28)7-24-13(26)11(14(24)34-16(19)32-3)22-12(25)10(23-29)8-6-33-17(20)21-8;/h6,9,11,14,16,29H,4-5,7H2,1-3H3,(H2,20,21)(H,22,25)(H,27,28);/q;+1/p-1/t9?,11?,14-,16?,19?;/m1./s1. The number of nitrogen functional groups attached to an aromatic ring is 1. The molecule has 4 heterocycles. The molecule has 0 aromatic carbocycles.